The molecule has 0 aromatic rings. The van der Waals surface area contributed by atoms with E-state index in [9.17, 15) is 13.2 Å². The summed E-state index contributed by atoms with van der Waals surface area (Å²) < 4.78 is 36.9. The van der Waals surface area contributed by atoms with E-state index < -0.39 is 12.7 Å². The Morgan fingerprint density at radius 2 is 1.96 bits per heavy atom. The van der Waals surface area contributed by atoms with Crippen molar-refractivity contribution in [1.29, 1.82) is 0 Å². The number of aliphatic imine (C=N–C) groups is 1. The minimum Gasteiger partial charge on any atom is -0.355 e. The summed E-state index contributed by atoms with van der Waals surface area (Å²) in [6.45, 7) is 9.36. The van der Waals surface area contributed by atoms with E-state index in [1.54, 1.807) is 7.05 Å². The molecule has 0 aliphatic carbocycles. The molecule has 0 aromatic carbocycles. The molecule has 0 radical (unpaired) electrons. The van der Waals surface area contributed by atoms with Crippen LogP contribution in [0.5, 0.6) is 0 Å². The van der Waals surface area contributed by atoms with Gasteiger partial charge in [0.05, 0.1) is 6.54 Å². The van der Waals surface area contributed by atoms with Gasteiger partial charge in [0.1, 0.15) is 0 Å². The summed E-state index contributed by atoms with van der Waals surface area (Å²) in [6.07, 6.45) is -3.02. The number of likely N-dealkylation sites (tertiary alicyclic amines) is 1. The number of halogens is 3. The predicted octanol–water partition coefficient (Wildman–Crippen LogP) is 1.72. The molecule has 1 atom stereocenters. The maximum atomic E-state index is 12.3. The lowest BCUT2D eigenvalue weighted by Crippen LogP contribution is -2.44. The molecule has 5 nitrogen and oxygen atoms in total. The number of nitrogens with one attached hydrogen (secondary N) is 1. The fourth-order valence-electron chi connectivity index (χ4n) is 3.10. The Morgan fingerprint density at radius 3 is 2.50 bits per heavy atom. The fraction of sp³-hybridized carbons (Fsp3) is 0.938. The van der Waals surface area contributed by atoms with Crippen molar-refractivity contribution in [3.05, 3.63) is 0 Å². The highest BCUT2D eigenvalue weighted by Crippen LogP contribution is 2.18. The van der Waals surface area contributed by atoms with Crippen molar-refractivity contribution in [1.82, 2.24) is 20.0 Å². The van der Waals surface area contributed by atoms with E-state index in [0.717, 1.165) is 45.1 Å². The summed E-state index contributed by atoms with van der Waals surface area (Å²) in [4.78, 5) is 10.2. The third kappa shape index (κ3) is 7.70. The molecule has 24 heavy (non-hydrogen) atoms. The van der Waals surface area contributed by atoms with E-state index in [1.165, 1.54) is 11.9 Å². The molecule has 1 aliphatic rings. The van der Waals surface area contributed by atoms with Crippen LogP contribution in [0.15, 0.2) is 4.99 Å². The van der Waals surface area contributed by atoms with Crippen LogP contribution in [0.3, 0.4) is 0 Å². The molecule has 1 heterocycles. The number of hydrogen-bond donors (Lipinski definition) is 1. The number of rotatable bonds is 8. The Labute approximate surface area is 143 Å². The third-order valence-electron chi connectivity index (χ3n) is 4.43. The quantitative estimate of drug-likeness (QED) is 0.533. The first-order chi connectivity index (χ1) is 11.3. The van der Waals surface area contributed by atoms with Crippen molar-refractivity contribution in [2.75, 3.05) is 66.5 Å². The average Bonchev–Trinajstić information content (AvgIpc) is 2.95. The van der Waals surface area contributed by atoms with E-state index in [-0.39, 0.29) is 0 Å². The largest absolute Gasteiger partial charge is 0.401 e. The first-order valence-corrected chi connectivity index (χ1v) is 8.72. The molecule has 0 aromatic heterocycles. The minimum absolute atomic E-state index is 0.329. The lowest BCUT2D eigenvalue weighted by atomic mass is 10.1. The lowest BCUT2D eigenvalue weighted by Gasteiger charge is -2.25. The Kier molecular flexibility index (Phi) is 8.83. The summed E-state index contributed by atoms with van der Waals surface area (Å²) in [5, 5.41) is 3.18. The topological polar surface area (TPSA) is 34.1 Å². The van der Waals surface area contributed by atoms with E-state index in [1.807, 2.05) is 0 Å². The van der Waals surface area contributed by atoms with Gasteiger partial charge in [0, 0.05) is 39.8 Å². The van der Waals surface area contributed by atoms with Crippen molar-refractivity contribution < 1.29 is 13.2 Å². The monoisotopic (exact) mass is 351 g/mol. The Morgan fingerprint density at radius 1 is 1.29 bits per heavy atom. The van der Waals surface area contributed by atoms with Gasteiger partial charge in [-0.25, -0.2) is 0 Å². The molecule has 8 heteroatoms. The molecule has 0 saturated carbocycles. The molecule has 1 N–H and O–H groups in total. The number of alkyl halides is 3. The lowest BCUT2D eigenvalue weighted by molar-refractivity contribution is -0.142. The first kappa shape index (κ1) is 21.0. The van der Waals surface area contributed by atoms with Gasteiger partial charge < -0.3 is 15.1 Å². The summed E-state index contributed by atoms with van der Waals surface area (Å²) in [7, 11) is 3.20. The number of hydrogen-bond acceptors (Lipinski definition) is 3. The number of nitrogens with zero attached hydrogens (tertiary/aromatic N) is 4. The number of likely N-dealkylation sites (N-methyl/N-ethyl adjacent to an activating group) is 1. The predicted molar refractivity (Wildman–Crippen MR) is 92.4 cm³/mol. The van der Waals surface area contributed by atoms with E-state index >= 15 is 0 Å². The molecule has 0 amide bonds. The zero-order valence-electron chi connectivity index (χ0n) is 15.4. The Hall–Kier alpha value is -1.02. The van der Waals surface area contributed by atoms with Gasteiger partial charge in [-0.3, -0.25) is 9.89 Å². The molecule has 1 aliphatic heterocycles. The van der Waals surface area contributed by atoms with Crippen molar-refractivity contribution >= 4 is 5.96 Å². The highest BCUT2D eigenvalue weighted by Gasteiger charge is 2.29. The van der Waals surface area contributed by atoms with Crippen molar-refractivity contribution in [3.63, 3.8) is 0 Å². The van der Waals surface area contributed by atoms with Crippen LogP contribution in [0.2, 0.25) is 0 Å². The molecule has 0 bridgehead atoms. The fourth-order valence-corrected chi connectivity index (χ4v) is 3.10. The zero-order valence-corrected chi connectivity index (χ0v) is 15.4. The van der Waals surface area contributed by atoms with Gasteiger partial charge >= 0.3 is 6.18 Å². The SMILES string of the molecule is CCN(CC)CC1CCN(C(=NC)NCCN(C)CC(F)(F)F)C1. The second-order valence-electron chi connectivity index (χ2n) is 6.41. The van der Waals surface area contributed by atoms with Gasteiger partial charge in [-0.05, 0) is 32.5 Å². The van der Waals surface area contributed by atoms with E-state index in [2.05, 4.69) is 34.0 Å². The van der Waals surface area contributed by atoms with Gasteiger partial charge in [0.15, 0.2) is 5.96 Å². The van der Waals surface area contributed by atoms with E-state index in [4.69, 9.17) is 0 Å². The van der Waals surface area contributed by atoms with Gasteiger partial charge in [0.25, 0.3) is 0 Å². The number of guanidine groups is 1. The summed E-state index contributed by atoms with van der Waals surface area (Å²) in [5.41, 5.74) is 0. The van der Waals surface area contributed by atoms with Crippen molar-refractivity contribution in [2.45, 2.75) is 26.4 Å². The summed E-state index contributed by atoms with van der Waals surface area (Å²) >= 11 is 0. The van der Waals surface area contributed by atoms with Gasteiger partial charge in [-0.1, -0.05) is 13.8 Å². The Balaban J connectivity index is 2.35. The normalized spacial score (nSPS) is 19.6. The molecular weight excluding hydrogens is 319 g/mol. The van der Waals surface area contributed by atoms with Crippen LogP contribution in [0, 0.1) is 5.92 Å². The molecule has 1 fully saturated rings. The third-order valence-corrected chi connectivity index (χ3v) is 4.43. The van der Waals surface area contributed by atoms with Gasteiger partial charge in [-0.2, -0.15) is 13.2 Å². The maximum absolute atomic E-state index is 12.3. The molecule has 1 rings (SSSR count). The van der Waals surface area contributed by atoms with Crippen LogP contribution >= 0.6 is 0 Å². The van der Waals surface area contributed by atoms with Crippen LogP contribution in [0.25, 0.3) is 0 Å². The van der Waals surface area contributed by atoms with E-state index in [0.29, 0.717) is 19.0 Å². The summed E-state index contributed by atoms with van der Waals surface area (Å²) in [6, 6.07) is 0. The van der Waals surface area contributed by atoms with Crippen LogP contribution in [0.4, 0.5) is 13.2 Å². The van der Waals surface area contributed by atoms with Gasteiger partial charge in [-0.15, -0.1) is 0 Å². The zero-order chi connectivity index (χ0) is 18.2. The van der Waals surface area contributed by atoms with Crippen molar-refractivity contribution in [3.8, 4) is 0 Å². The standard InChI is InChI=1S/C16H32F3N5/c1-5-23(6-2)11-14-7-9-24(12-14)15(20-3)21-8-10-22(4)13-16(17,18)19/h14H,5-13H2,1-4H3,(H,20,21). The highest BCUT2D eigenvalue weighted by atomic mass is 19.4. The summed E-state index contributed by atoms with van der Waals surface area (Å²) in [5.74, 6) is 1.41. The second kappa shape index (κ2) is 10.1. The van der Waals surface area contributed by atoms with Gasteiger partial charge in [0.2, 0.25) is 0 Å². The highest BCUT2D eigenvalue weighted by molar-refractivity contribution is 5.80. The molecule has 1 unspecified atom stereocenters. The van der Waals surface area contributed by atoms with Crippen LogP contribution in [0.1, 0.15) is 20.3 Å². The van der Waals surface area contributed by atoms with Crippen LogP contribution in [-0.2, 0) is 0 Å². The maximum Gasteiger partial charge on any atom is 0.401 e. The van der Waals surface area contributed by atoms with Crippen LogP contribution in [-0.4, -0.2) is 93.3 Å². The molecule has 0 spiro atoms. The van der Waals surface area contributed by atoms with Crippen LogP contribution < -0.4 is 5.32 Å². The first-order valence-electron chi connectivity index (χ1n) is 8.72. The molecule has 142 valence electrons. The average molecular weight is 351 g/mol. The minimum atomic E-state index is -4.15. The molecule has 1 saturated heterocycles. The smallest absolute Gasteiger partial charge is 0.355 e. The molecular formula is C16H32F3N5. The Bertz CT molecular complexity index is 382. The second-order valence-corrected chi connectivity index (χ2v) is 6.41. The van der Waals surface area contributed by atoms with Crippen molar-refractivity contribution in [2.24, 2.45) is 10.9 Å².